The topological polar surface area (TPSA) is 72.3 Å². The fourth-order valence-corrected chi connectivity index (χ4v) is 3.03. The SMILES string of the molecule is CC(C)(C)OC(=O)N1CCCC(c2cc3ccc[n+]([O-])c3[nH]2)C1. The van der Waals surface area contributed by atoms with E-state index in [-0.39, 0.29) is 12.0 Å². The van der Waals surface area contributed by atoms with Crippen LogP contribution < -0.4 is 4.73 Å². The highest BCUT2D eigenvalue weighted by molar-refractivity contribution is 5.74. The molecule has 1 aliphatic rings. The van der Waals surface area contributed by atoms with E-state index in [1.54, 1.807) is 11.0 Å². The first-order chi connectivity index (χ1) is 10.8. The van der Waals surface area contributed by atoms with Crippen molar-refractivity contribution in [3.05, 3.63) is 35.3 Å². The molecule has 1 saturated heterocycles. The number of aromatic nitrogens is 2. The highest BCUT2D eigenvalue weighted by Crippen LogP contribution is 2.29. The number of carbonyl (C=O) groups is 1. The molecule has 0 aromatic carbocycles. The van der Waals surface area contributed by atoms with Crippen LogP contribution in [-0.2, 0) is 4.74 Å². The van der Waals surface area contributed by atoms with Crippen molar-refractivity contribution in [1.82, 2.24) is 9.88 Å². The Morgan fingerprint density at radius 3 is 2.96 bits per heavy atom. The summed E-state index contributed by atoms with van der Waals surface area (Å²) in [6.45, 7) is 6.94. The Bertz CT molecular complexity index is 717. The van der Waals surface area contributed by atoms with Crippen LogP contribution in [0.5, 0.6) is 0 Å². The smallest absolute Gasteiger partial charge is 0.410 e. The van der Waals surface area contributed by atoms with Gasteiger partial charge in [0.2, 0.25) is 0 Å². The van der Waals surface area contributed by atoms with E-state index in [1.807, 2.05) is 32.9 Å². The molecule has 23 heavy (non-hydrogen) atoms. The number of nitrogens with zero attached hydrogens (tertiary/aromatic N) is 2. The molecule has 3 heterocycles. The number of likely N-dealkylation sites (tertiary alicyclic amines) is 1. The van der Waals surface area contributed by atoms with E-state index in [0.717, 1.165) is 28.7 Å². The van der Waals surface area contributed by atoms with Gasteiger partial charge in [-0.1, -0.05) is 0 Å². The fraction of sp³-hybridized carbons (Fsp3) is 0.529. The van der Waals surface area contributed by atoms with Crippen molar-refractivity contribution in [3.63, 3.8) is 0 Å². The molecule has 1 atom stereocenters. The number of rotatable bonds is 1. The molecule has 2 aromatic rings. The van der Waals surface area contributed by atoms with Gasteiger partial charge in [-0.05, 0) is 51.8 Å². The number of pyridine rings is 1. The van der Waals surface area contributed by atoms with Gasteiger partial charge < -0.3 is 14.8 Å². The van der Waals surface area contributed by atoms with Gasteiger partial charge in [0.1, 0.15) is 11.3 Å². The number of ether oxygens (including phenoxy) is 1. The number of amides is 1. The van der Waals surface area contributed by atoms with Gasteiger partial charge in [0.15, 0.2) is 0 Å². The number of piperidine rings is 1. The molecule has 6 nitrogen and oxygen atoms in total. The number of hydrogen-bond acceptors (Lipinski definition) is 3. The zero-order chi connectivity index (χ0) is 16.6. The third-order valence-electron chi connectivity index (χ3n) is 4.08. The maximum absolute atomic E-state index is 12.3. The lowest BCUT2D eigenvalue weighted by atomic mass is 9.95. The van der Waals surface area contributed by atoms with E-state index in [1.165, 1.54) is 6.20 Å². The molecule has 1 fully saturated rings. The number of carbonyl (C=O) groups excluding carboxylic acids is 1. The van der Waals surface area contributed by atoms with Crippen LogP contribution in [0.4, 0.5) is 4.79 Å². The Morgan fingerprint density at radius 2 is 2.26 bits per heavy atom. The second-order valence-corrected chi connectivity index (χ2v) is 7.13. The van der Waals surface area contributed by atoms with Crippen molar-refractivity contribution in [2.45, 2.75) is 45.1 Å². The van der Waals surface area contributed by atoms with E-state index in [2.05, 4.69) is 4.98 Å². The molecular weight excluding hydrogens is 294 g/mol. The van der Waals surface area contributed by atoms with Crippen LogP contribution in [0.2, 0.25) is 0 Å². The average Bonchev–Trinajstić information content (AvgIpc) is 2.91. The highest BCUT2D eigenvalue weighted by atomic mass is 16.6. The number of H-pyrrole nitrogens is 1. The number of nitrogens with one attached hydrogen (secondary N) is 1. The molecule has 0 saturated carbocycles. The summed E-state index contributed by atoms with van der Waals surface area (Å²) < 4.78 is 6.30. The minimum Gasteiger partial charge on any atom is -0.711 e. The molecule has 1 amide bonds. The third kappa shape index (κ3) is 3.41. The monoisotopic (exact) mass is 317 g/mol. The Morgan fingerprint density at radius 1 is 1.48 bits per heavy atom. The van der Waals surface area contributed by atoms with Crippen molar-refractivity contribution >= 4 is 17.1 Å². The summed E-state index contributed by atoms with van der Waals surface area (Å²) in [7, 11) is 0. The first-order valence-electron chi connectivity index (χ1n) is 8.02. The molecule has 0 radical (unpaired) electrons. The lowest BCUT2D eigenvalue weighted by Gasteiger charge is -2.33. The normalized spacial score (nSPS) is 19.1. The number of hydrogen-bond donors (Lipinski definition) is 1. The predicted octanol–water partition coefficient (Wildman–Crippen LogP) is 2.92. The molecule has 1 N–H and O–H groups in total. The molecule has 0 spiro atoms. The molecule has 0 bridgehead atoms. The minimum atomic E-state index is -0.487. The zero-order valence-corrected chi connectivity index (χ0v) is 13.8. The van der Waals surface area contributed by atoms with Gasteiger partial charge in [-0.25, -0.2) is 14.5 Å². The summed E-state index contributed by atoms with van der Waals surface area (Å²) in [6, 6.07) is 5.66. The van der Waals surface area contributed by atoms with Crippen LogP contribution in [0.1, 0.15) is 45.2 Å². The van der Waals surface area contributed by atoms with E-state index in [0.29, 0.717) is 18.7 Å². The summed E-state index contributed by atoms with van der Waals surface area (Å²) in [5, 5.41) is 12.7. The number of fused-ring (bicyclic) bond motifs is 1. The second kappa shape index (κ2) is 5.76. The van der Waals surface area contributed by atoms with Gasteiger partial charge in [-0.3, -0.25) is 0 Å². The third-order valence-corrected chi connectivity index (χ3v) is 4.08. The van der Waals surface area contributed by atoms with Crippen molar-refractivity contribution in [3.8, 4) is 0 Å². The summed E-state index contributed by atoms with van der Waals surface area (Å²) in [5.74, 6) is 0.198. The summed E-state index contributed by atoms with van der Waals surface area (Å²) in [4.78, 5) is 17.2. The van der Waals surface area contributed by atoms with E-state index >= 15 is 0 Å². The van der Waals surface area contributed by atoms with E-state index in [4.69, 9.17) is 4.74 Å². The predicted molar refractivity (Wildman–Crippen MR) is 87.0 cm³/mol. The average molecular weight is 317 g/mol. The van der Waals surface area contributed by atoms with Gasteiger partial charge in [0.05, 0.1) is 11.6 Å². The Balaban J connectivity index is 1.77. The molecule has 3 rings (SSSR count). The quantitative estimate of drug-likeness (QED) is 0.649. The first-order valence-corrected chi connectivity index (χ1v) is 8.02. The molecular formula is C17H23N3O3. The summed E-state index contributed by atoms with van der Waals surface area (Å²) in [5.41, 5.74) is 1.08. The van der Waals surface area contributed by atoms with Gasteiger partial charge in [-0.15, -0.1) is 0 Å². The van der Waals surface area contributed by atoms with Crippen LogP contribution >= 0.6 is 0 Å². The Labute approximate surface area is 135 Å². The van der Waals surface area contributed by atoms with Gasteiger partial charge in [0.25, 0.3) is 5.65 Å². The lowest BCUT2D eigenvalue weighted by molar-refractivity contribution is -0.579. The highest BCUT2D eigenvalue weighted by Gasteiger charge is 2.30. The lowest BCUT2D eigenvalue weighted by Crippen LogP contribution is -2.42. The van der Waals surface area contributed by atoms with Crippen LogP contribution in [0, 0.1) is 5.21 Å². The minimum absolute atomic E-state index is 0.198. The van der Waals surface area contributed by atoms with Gasteiger partial charge >= 0.3 is 6.09 Å². The first kappa shape index (κ1) is 15.6. The molecule has 1 unspecified atom stereocenters. The van der Waals surface area contributed by atoms with E-state index < -0.39 is 5.60 Å². The van der Waals surface area contributed by atoms with Crippen LogP contribution in [0.15, 0.2) is 24.4 Å². The standard InChI is InChI=1S/C17H23N3O3/c1-17(2,3)23-16(21)19-8-4-7-13(11-19)14-10-12-6-5-9-20(22)15(12)18-14/h5-6,9-10,13,18H,4,7-8,11H2,1-3H3. The fourth-order valence-electron chi connectivity index (χ4n) is 3.03. The van der Waals surface area contributed by atoms with Crippen molar-refractivity contribution < 1.29 is 14.3 Å². The Hall–Kier alpha value is -2.24. The van der Waals surface area contributed by atoms with Crippen molar-refractivity contribution in [2.75, 3.05) is 13.1 Å². The molecule has 1 aliphatic heterocycles. The Kier molecular flexibility index (Phi) is 3.92. The van der Waals surface area contributed by atoms with E-state index in [9.17, 15) is 10.0 Å². The maximum Gasteiger partial charge on any atom is 0.410 e. The van der Waals surface area contributed by atoms with Crippen LogP contribution in [-0.4, -0.2) is 34.7 Å². The largest absolute Gasteiger partial charge is 0.711 e. The van der Waals surface area contributed by atoms with Crippen LogP contribution in [0.25, 0.3) is 11.0 Å². The summed E-state index contributed by atoms with van der Waals surface area (Å²) in [6.07, 6.45) is 3.13. The number of aromatic amines is 1. The van der Waals surface area contributed by atoms with Crippen LogP contribution in [0.3, 0.4) is 0 Å². The van der Waals surface area contributed by atoms with Crippen molar-refractivity contribution in [2.24, 2.45) is 0 Å². The van der Waals surface area contributed by atoms with Gasteiger partial charge in [0, 0.05) is 19.0 Å². The maximum atomic E-state index is 12.3. The molecule has 124 valence electrons. The van der Waals surface area contributed by atoms with Crippen molar-refractivity contribution in [1.29, 1.82) is 0 Å². The van der Waals surface area contributed by atoms with Gasteiger partial charge in [-0.2, -0.15) is 0 Å². The second-order valence-electron chi connectivity index (χ2n) is 7.13. The molecule has 0 aliphatic carbocycles. The summed E-state index contributed by atoms with van der Waals surface area (Å²) >= 11 is 0. The zero-order valence-electron chi connectivity index (χ0n) is 13.8. The molecule has 6 heteroatoms. The molecule has 2 aromatic heterocycles.